The van der Waals surface area contributed by atoms with E-state index in [0.29, 0.717) is 17.1 Å². The lowest BCUT2D eigenvalue weighted by atomic mass is 10.2. The molecule has 0 radical (unpaired) electrons. The summed E-state index contributed by atoms with van der Waals surface area (Å²) in [6.45, 7) is 3.52. The number of rotatable bonds is 7. The van der Waals surface area contributed by atoms with E-state index in [0.717, 1.165) is 5.56 Å². The zero-order valence-electron chi connectivity index (χ0n) is 16.8. The van der Waals surface area contributed by atoms with Gasteiger partial charge in [0.1, 0.15) is 0 Å². The highest BCUT2D eigenvalue weighted by Crippen LogP contribution is 2.19. The van der Waals surface area contributed by atoms with Gasteiger partial charge in [-0.3, -0.25) is 15.1 Å². The second kappa shape index (κ2) is 9.26. The van der Waals surface area contributed by atoms with Crippen molar-refractivity contribution in [1.82, 2.24) is 9.97 Å². The van der Waals surface area contributed by atoms with Crippen molar-refractivity contribution in [1.29, 1.82) is 0 Å². The van der Waals surface area contributed by atoms with E-state index in [1.165, 1.54) is 24.3 Å². The number of sulfonamides is 1. The monoisotopic (exact) mass is 437 g/mol. The number of aromatic nitrogens is 2. The standard InChI is InChI=1S/C21H19N5O4S/c1-15-14-16(2)24-21(23-15)25-31(29,30)20-11-7-18(8-12-20)22-13-3-4-17-5-9-19(10-6-17)26(27)28/h3-14H,1-2H3,(H,23,24,25). The molecule has 0 spiro atoms. The summed E-state index contributed by atoms with van der Waals surface area (Å²) < 4.78 is 27.4. The predicted octanol–water partition coefficient (Wildman–Crippen LogP) is 4.22. The molecule has 1 N–H and O–H groups in total. The van der Waals surface area contributed by atoms with Gasteiger partial charge in [-0.25, -0.2) is 23.1 Å². The van der Waals surface area contributed by atoms with Gasteiger partial charge in [0.2, 0.25) is 5.95 Å². The lowest BCUT2D eigenvalue weighted by molar-refractivity contribution is -0.384. The van der Waals surface area contributed by atoms with Gasteiger partial charge in [0, 0.05) is 29.7 Å². The van der Waals surface area contributed by atoms with Crippen LogP contribution in [0, 0.1) is 24.0 Å². The van der Waals surface area contributed by atoms with Gasteiger partial charge in [-0.2, -0.15) is 0 Å². The Labute approximate surface area is 179 Å². The van der Waals surface area contributed by atoms with Crippen LogP contribution in [0.5, 0.6) is 0 Å². The van der Waals surface area contributed by atoms with E-state index >= 15 is 0 Å². The summed E-state index contributed by atoms with van der Waals surface area (Å²) >= 11 is 0. The molecular formula is C21H19N5O4S. The number of nitrogens with one attached hydrogen (secondary N) is 1. The molecule has 0 aliphatic heterocycles. The van der Waals surface area contributed by atoms with Crippen LogP contribution >= 0.6 is 0 Å². The van der Waals surface area contributed by atoms with Gasteiger partial charge in [-0.05, 0) is 68.0 Å². The summed E-state index contributed by atoms with van der Waals surface area (Å²) in [5.74, 6) is 0.0241. The molecule has 1 aromatic heterocycles. The Morgan fingerprint density at radius 2 is 1.61 bits per heavy atom. The normalized spacial score (nSPS) is 11.8. The molecule has 2 aromatic carbocycles. The Bertz CT molecular complexity index is 1230. The first-order valence-corrected chi connectivity index (χ1v) is 10.6. The smallest absolute Gasteiger partial charge is 0.258 e. The third-order valence-electron chi connectivity index (χ3n) is 4.06. The summed E-state index contributed by atoms with van der Waals surface area (Å²) in [6, 6.07) is 13.9. The van der Waals surface area contributed by atoms with Crippen molar-refractivity contribution in [3.8, 4) is 0 Å². The number of aliphatic imine (C=N–C) groups is 1. The maximum atomic E-state index is 12.5. The van der Waals surface area contributed by atoms with Crippen molar-refractivity contribution >= 4 is 39.6 Å². The first-order valence-electron chi connectivity index (χ1n) is 9.13. The molecule has 158 valence electrons. The highest BCUT2D eigenvalue weighted by atomic mass is 32.2. The van der Waals surface area contributed by atoms with Crippen LogP contribution in [-0.2, 0) is 10.0 Å². The third kappa shape index (κ3) is 6.03. The maximum absolute atomic E-state index is 12.5. The van der Waals surface area contributed by atoms with Crippen molar-refractivity contribution < 1.29 is 13.3 Å². The minimum atomic E-state index is -3.82. The van der Waals surface area contributed by atoms with Gasteiger partial charge in [0.25, 0.3) is 15.7 Å². The fourth-order valence-corrected chi connectivity index (χ4v) is 3.60. The SMILES string of the molecule is Cc1cc(C)nc(NS(=O)(=O)c2ccc(N=CC=Cc3ccc([N+](=O)[O-])cc3)cc2)n1. The fraction of sp³-hybridized carbons (Fsp3) is 0.0952. The maximum Gasteiger partial charge on any atom is 0.269 e. The molecule has 0 unspecified atom stereocenters. The van der Waals surface area contributed by atoms with Gasteiger partial charge in [0.05, 0.1) is 15.5 Å². The average Bonchev–Trinajstić information content (AvgIpc) is 2.71. The van der Waals surface area contributed by atoms with Crippen LogP contribution < -0.4 is 4.72 Å². The van der Waals surface area contributed by atoms with Crippen LogP contribution in [0.1, 0.15) is 17.0 Å². The predicted molar refractivity (Wildman–Crippen MR) is 119 cm³/mol. The van der Waals surface area contributed by atoms with Gasteiger partial charge in [-0.15, -0.1) is 0 Å². The van der Waals surface area contributed by atoms with Crippen molar-refractivity contribution in [2.75, 3.05) is 4.72 Å². The minimum Gasteiger partial charge on any atom is -0.258 e. The second-order valence-corrected chi connectivity index (χ2v) is 8.24. The van der Waals surface area contributed by atoms with Crippen LogP contribution in [0.25, 0.3) is 6.08 Å². The molecule has 0 saturated carbocycles. The van der Waals surface area contributed by atoms with Crippen LogP contribution in [0.3, 0.4) is 0 Å². The molecule has 0 bridgehead atoms. The number of hydrogen-bond acceptors (Lipinski definition) is 7. The lowest BCUT2D eigenvalue weighted by Gasteiger charge is -2.08. The molecule has 3 aromatic rings. The summed E-state index contributed by atoms with van der Waals surface area (Å²) in [5, 5.41) is 10.7. The molecule has 31 heavy (non-hydrogen) atoms. The Hall–Kier alpha value is -3.92. The molecule has 0 atom stereocenters. The van der Waals surface area contributed by atoms with E-state index in [4.69, 9.17) is 0 Å². The third-order valence-corrected chi connectivity index (χ3v) is 5.40. The van der Waals surface area contributed by atoms with Crippen molar-refractivity contribution in [2.45, 2.75) is 18.7 Å². The molecule has 0 fully saturated rings. The molecule has 1 heterocycles. The highest BCUT2D eigenvalue weighted by Gasteiger charge is 2.16. The van der Waals surface area contributed by atoms with Crippen LogP contribution in [0.2, 0.25) is 0 Å². The summed E-state index contributed by atoms with van der Waals surface area (Å²) in [7, 11) is -3.82. The molecule has 0 aliphatic rings. The van der Waals surface area contributed by atoms with Gasteiger partial charge >= 0.3 is 0 Å². The zero-order chi connectivity index (χ0) is 22.4. The lowest BCUT2D eigenvalue weighted by Crippen LogP contribution is -2.15. The van der Waals surface area contributed by atoms with E-state index < -0.39 is 14.9 Å². The molecule has 9 nitrogen and oxygen atoms in total. The van der Waals surface area contributed by atoms with E-state index in [1.54, 1.807) is 62.5 Å². The van der Waals surface area contributed by atoms with Crippen LogP contribution in [0.4, 0.5) is 17.3 Å². The quantitative estimate of drug-likeness (QED) is 0.335. The first kappa shape index (κ1) is 21.8. The Morgan fingerprint density at radius 3 is 2.19 bits per heavy atom. The topological polar surface area (TPSA) is 127 Å². The summed E-state index contributed by atoms with van der Waals surface area (Å²) in [5.41, 5.74) is 2.71. The number of nitrogens with zero attached hydrogens (tertiary/aromatic N) is 4. The highest BCUT2D eigenvalue weighted by molar-refractivity contribution is 7.92. The Morgan fingerprint density at radius 1 is 1.00 bits per heavy atom. The molecule has 0 aliphatic carbocycles. The van der Waals surface area contributed by atoms with E-state index in [-0.39, 0.29) is 16.5 Å². The number of benzene rings is 2. The van der Waals surface area contributed by atoms with Gasteiger partial charge in [0.15, 0.2) is 0 Å². The van der Waals surface area contributed by atoms with Crippen LogP contribution in [-0.4, -0.2) is 29.5 Å². The molecule has 3 rings (SSSR count). The summed E-state index contributed by atoms with van der Waals surface area (Å²) in [6.07, 6.45) is 4.98. The molecule has 0 amide bonds. The number of aryl methyl sites for hydroxylation is 2. The van der Waals surface area contributed by atoms with E-state index in [2.05, 4.69) is 19.7 Å². The van der Waals surface area contributed by atoms with Crippen molar-refractivity contribution in [3.05, 3.63) is 87.7 Å². The Kier molecular flexibility index (Phi) is 6.51. The van der Waals surface area contributed by atoms with Crippen molar-refractivity contribution in [2.24, 2.45) is 4.99 Å². The van der Waals surface area contributed by atoms with Gasteiger partial charge in [-0.1, -0.05) is 6.08 Å². The number of non-ortho nitro benzene ring substituents is 1. The van der Waals surface area contributed by atoms with Crippen LogP contribution in [0.15, 0.2) is 70.6 Å². The molecular weight excluding hydrogens is 418 g/mol. The number of hydrogen-bond donors (Lipinski definition) is 1. The van der Waals surface area contributed by atoms with E-state index in [1.807, 2.05) is 0 Å². The summed E-state index contributed by atoms with van der Waals surface area (Å²) in [4.78, 5) is 22.7. The fourth-order valence-electron chi connectivity index (χ4n) is 2.65. The number of allylic oxidation sites excluding steroid dienone is 1. The second-order valence-electron chi connectivity index (χ2n) is 6.56. The molecule has 0 saturated heterocycles. The largest absolute Gasteiger partial charge is 0.269 e. The van der Waals surface area contributed by atoms with Gasteiger partial charge < -0.3 is 0 Å². The molecule has 10 heteroatoms. The van der Waals surface area contributed by atoms with E-state index in [9.17, 15) is 18.5 Å². The Balaban J connectivity index is 1.65. The number of nitro groups is 1. The number of anilines is 1. The zero-order valence-corrected chi connectivity index (χ0v) is 17.6. The number of nitro benzene ring substituents is 1. The average molecular weight is 437 g/mol. The minimum absolute atomic E-state index is 0.0241. The first-order chi connectivity index (χ1) is 14.7. The van der Waals surface area contributed by atoms with Crippen molar-refractivity contribution in [3.63, 3.8) is 0 Å².